The van der Waals surface area contributed by atoms with Gasteiger partial charge in [0, 0.05) is 31.7 Å². The first-order valence-corrected chi connectivity index (χ1v) is 6.33. The molecule has 1 rings (SSSR count). The number of esters is 1. The third-order valence-electron chi connectivity index (χ3n) is 2.37. The number of ether oxygens (including phenoxy) is 1. The molecule has 104 valence electrons. The average Bonchev–Trinajstić information content (AvgIpc) is 2.31. The van der Waals surface area contributed by atoms with Crippen LogP contribution < -0.4 is 0 Å². The van der Waals surface area contributed by atoms with E-state index in [2.05, 4.69) is 0 Å². The van der Waals surface area contributed by atoms with Crippen molar-refractivity contribution in [2.45, 2.75) is 13.3 Å². The molecule has 0 saturated carbocycles. The first kappa shape index (κ1) is 15.4. The molecule has 0 radical (unpaired) electrons. The van der Waals surface area contributed by atoms with Crippen LogP contribution in [0.5, 0.6) is 5.75 Å². The summed E-state index contributed by atoms with van der Waals surface area (Å²) in [4.78, 5) is 13.6. The molecule has 0 bridgehead atoms. The van der Waals surface area contributed by atoms with Crippen LogP contribution in [0.2, 0.25) is 5.02 Å². The minimum Gasteiger partial charge on any atom is -0.508 e. The second-order valence-corrected chi connectivity index (χ2v) is 4.70. The van der Waals surface area contributed by atoms with E-state index < -0.39 is 0 Å². The fourth-order valence-electron chi connectivity index (χ4n) is 1.59. The highest BCUT2D eigenvalue weighted by Gasteiger charge is 2.14. The van der Waals surface area contributed by atoms with Crippen molar-refractivity contribution in [1.82, 2.24) is 4.90 Å². The van der Waals surface area contributed by atoms with Gasteiger partial charge in [-0.1, -0.05) is 17.7 Å². The predicted octanol–water partition coefficient (Wildman–Crippen LogP) is 2.60. The lowest BCUT2D eigenvalue weighted by Gasteiger charge is -2.12. The van der Waals surface area contributed by atoms with Crippen LogP contribution in [0, 0.1) is 0 Å². The van der Waals surface area contributed by atoms with Gasteiger partial charge in [0.15, 0.2) is 0 Å². The van der Waals surface area contributed by atoms with Crippen molar-refractivity contribution in [2.75, 3.05) is 20.7 Å². The molecule has 0 aliphatic heterocycles. The van der Waals surface area contributed by atoms with Crippen molar-refractivity contribution >= 4 is 17.6 Å². The summed E-state index contributed by atoms with van der Waals surface area (Å²) >= 11 is 6.04. The summed E-state index contributed by atoms with van der Waals surface area (Å²) in [5, 5.41) is 9.74. The third kappa shape index (κ3) is 4.83. The van der Waals surface area contributed by atoms with E-state index in [0.717, 1.165) is 5.56 Å². The number of phenols is 1. The minimum absolute atomic E-state index is 0.100. The van der Waals surface area contributed by atoms with E-state index in [4.69, 9.17) is 16.3 Å². The number of hydrogen-bond donors (Lipinski definition) is 1. The highest BCUT2D eigenvalue weighted by atomic mass is 35.5. The molecular formula is C14H18ClNO3. The smallest absolute Gasteiger partial charge is 0.335 e. The van der Waals surface area contributed by atoms with Crippen LogP contribution >= 0.6 is 11.6 Å². The number of phenolic OH excluding ortho intramolecular Hbond substituents is 1. The maximum atomic E-state index is 11.9. The molecule has 0 amide bonds. The summed E-state index contributed by atoms with van der Waals surface area (Å²) in [7, 11) is 3.66. The minimum atomic E-state index is -0.361. The number of aromatic hydroxyl groups is 1. The quantitative estimate of drug-likeness (QED) is 0.667. The fraction of sp³-hybridized carbons (Fsp3) is 0.357. The number of nitrogens with zero attached hydrogens (tertiary/aromatic N) is 1. The van der Waals surface area contributed by atoms with Crippen molar-refractivity contribution in [1.29, 1.82) is 0 Å². The molecule has 0 spiro atoms. The zero-order valence-corrected chi connectivity index (χ0v) is 12.1. The lowest BCUT2D eigenvalue weighted by molar-refractivity contribution is -0.138. The van der Waals surface area contributed by atoms with Gasteiger partial charge in [-0.3, -0.25) is 0 Å². The second-order valence-electron chi connectivity index (χ2n) is 4.29. The topological polar surface area (TPSA) is 49.8 Å². The Morgan fingerprint density at radius 1 is 1.47 bits per heavy atom. The molecule has 0 saturated heterocycles. The molecule has 0 fully saturated rings. The van der Waals surface area contributed by atoms with Gasteiger partial charge < -0.3 is 14.7 Å². The third-order valence-corrected chi connectivity index (χ3v) is 2.72. The number of carbonyl (C=O) groups is 1. The Kier molecular flexibility index (Phi) is 5.70. The van der Waals surface area contributed by atoms with Crippen LogP contribution in [0.4, 0.5) is 0 Å². The molecule has 1 aromatic carbocycles. The Hall–Kier alpha value is -1.68. The molecule has 0 aliphatic rings. The number of benzene rings is 1. The lowest BCUT2D eigenvalue weighted by atomic mass is 10.1. The molecule has 0 aromatic heterocycles. The first-order chi connectivity index (χ1) is 8.93. The van der Waals surface area contributed by atoms with E-state index >= 15 is 0 Å². The second kappa shape index (κ2) is 7.04. The zero-order valence-electron chi connectivity index (χ0n) is 11.3. The molecule has 1 aromatic rings. The molecule has 0 atom stereocenters. The maximum Gasteiger partial charge on any atom is 0.335 e. The summed E-state index contributed by atoms with van der Waals surface area (Å²) < 4.78 is 5.01. The highest BCUT2D eigenvalue weighted by Crippen LogP contribution is 2.24. The lowest BCUT2D eigenvalue weighted by Crippen LogP contribution is -2.14. The first-order valence-electron chi connectivity index (χ1n) is 5.95. The fourth-order valence-corrected chi connectivity index (χ4v) is 1.83. The highest BCUT2D eigenvalue weighted by molar-refractivity contribution is 6.31. The van der Waals surface area contributed by atoms with Gasteiger partial charge in [0.25, 0.3) is 0 Å². The van der Waals surface area contributed by atoms with E-state index in [-0.39, 0.29) is 11.7 Å². The van der Waals surface area contributed by atoms with Gasteiger partial charge in [-0.25, -0.2) is 4.79 Å². The normalized spacial score (nSPS) is 11.3. The Morgan fingerprint density at radius 2 is 2.16 bits per heavy atom. The number of carbonyl (C=O) groups excluding carboxylic acids is 1. The van der Waals surface area contributed by atoms with E-state index in [1.807, 2.05) is 14.1 Å². The SMILES string of the molecule is CCOC(=O)C(=CN(C)C)Cc1ccc(O)cc1Cl. The molecule has 0 unspecified atom stereocenters. The summed E-state index contributed by atoms with van der Waals surface area (Å²) in [5.41, 5.74) is 1.28. The van der Waals surface area contributed by atoms with Gasteiger partial charge in [-0.2, -0.15) is 0 Å². The van der Waals surface area contributed by atoms with E-state index in [1.54, 1.807) is 30.2 Å². The van der Waals surface area contributed by atoms with Gasteiger partial charge in [-0.15, -0.1) is 0 Å². The molecule has 0 aliphatic carbocycles. The summed E-state index contributed by atoms with van der Waals surface area (Å²) in [6.07, 6.45) is 2.07. The van der Waals surface area contributed by atoms with Crippen molar-refractivity contribution in [3.8, 4) is 5.75 Å². The van der Waals surface area contributed by atoms with E-state index in [1.165, 1.54) is 6.07 Å². The van der Waals surface area contributed by atoms with Crippen LogP contribution in [0.25, 0.3) is 0 Å². The van der Waals surface area contributed by atoms with Crippen molar-refractivity contribution in [2.24, 2.45) is 0 Å². The van der Waals surface area contributed by atoms with Gasteiger partial charge in [0.1, 0.15) is 5.75 Å². The van der Waals surface area contributed by atoms with Crippen LogP contribution in [0.1, 0.15) is 12.5 Å². The summed E-state index contributed by atoms with van der Waals surface area (Å²) in [6, 6.07) is 4.69. The molecule has 19 heavy (non-hydrogen) atoms. The predicted molar refractivity (Wildman–Crippen MR) is 75.2 cm³/mol. The Morgan fingerprint density at radius 3 is 2.68 bits per heavy atom. The molecule has 0 heterocycles. The van der Waals surface area contributed by atoms with Crippen LogP contribution in [0.3, 0.4) is 0 Å². The van der Waals surface area contributed by atoms with Gasteiger partial charge in [-0.05, 0) is 24.6 Å². The van der Waals surface area contributed by atoms with E-state index in [9.17, 15) is 9.90 Å². The van der Waals surface area contributed by atoms with Crippen molar-refractivity contribution in [3.63, 3.8) is 0 Å². The van der Waals surface area contributed by atoms with Crippen LogP contribution in [-0.2, 0) is 16.0 Å². The molecule has 1 N–H and O–H groups in total. The van der Waals surface area contributed by atoms with Gasteiger partial charge >= 0.3 is 5.97 Å². The van der Waals surface area contributed by atoms with E-state index in [0.29, 0.717) is 23.6 Å². The molecule has 4 nitrogen and oxygen atoms in total. The van der Waals surface area contributed by atoms with Crippen LogP contribution in [0.15, 0.2) is 30.0 Å². The standard InChI is InChI=1S/C14H18ClNO3/c1-4-19-14(18)11(9-16(2)3)7-10-5-6-12(17)8-13(10)15/h5-6,8-9,17H,4,7H2,1-3H3. The van der Waals surface area contributed by atoms with Gasteiger partial charge in [0.2, 0.25) is 0 Å². The summed E-state index contributed by atoms with van der Waals surface area (Å²) in [6.45, 7) is 2.09. The Bertz CT molecular complexity index is 484. The van der Waals surface area contributed by atoms with Gasteiger partial charge in [0.05, 0.1) is 12.2 Å². The molecular weight excluding hydrogens is 266 g/mol. The Balaban J connectivity index is 2.97. The van der Waals surface area contributed by atoms with Crippen LogP contribution in [-0.4, -0.2) is 36.7 Å². The zero-order chi connectivity index (χ0) is 14.4. The number of hydrogen-bond acceptors (Lipinski definition) is 4. The van der Waals surface area contributed by atoms with Crippen molar-refractivity contribution in [3.05, 3.63) is 40.6 Å². The van der Waals surface area contributed by atoms with Crippen molar-refractivity contribution < 1.29 is 14.6 Å². The molecule has 5 heteroatoms. The maximum absolute atomic E-state index is 11.9. The largest absolute Gasteiger partial charge is 0.508 e. The summed E-state index contributed by atoms with van der Waals surface area (Å²) in [5.74, 6) is -0.261. The monoisotopic (exact) mass is 283 g/mol. The number of halogens is 1. The Labute approximate surface area is 118 Å². The number of rotatable bonds is 5. The average molecular weight is 284 g/mol.